The molecule has 2 aromatic heterocycles. The van der Waals surface area contributed by atoms with Gasteiger partial charge >= 0.3 is 0 Å². The lowest BCUT2D eigenvalue weighted by atomic mass is 10.2. The highest BCUT2D eigenvalue weighted by atomic mass is 35.5. The van der Waals surface area contributed by atoms with Crippen molar-refractivity contribution in [2.75, 3.05) is 12.4 Å². The van der Waals surface area contributed by atoms with Crippen molar-refractivity contribution in [2.24, 2.45) is 0 Å². The number of hydrogen-bond donors (Lipinski definition) is 1. The van der Waals surface area contributed by atoms with Crippen LogP contribution < -0.4 is 15.6 Å². The maximum atomic E-state index is 12.2. The van der Waals surface area contributed by atoms with Crippen LogP contribution in [0.1, 0.15) is 11.3 Å². The zero-order chi connectivity index (χ0) is 17.3. The molecule has 0 amide bonds. The van der Waals surface area contributed by atoms with E-state index < -0.39 is 0 Å². The molecule has 0 fully saturated rings. The first-order chi connectivity index (χ1) is 11.5. The highest BCUT2D eigenvalue weighted by Crippen LogP contribution is 2.31. The second-order valence-corrected chi connectivity index (χ2v) is 6.16. The predicted molar refractivity (Wildman–Crippen MR) is 96.5 cm³/mol. The molecule has 3 rings (SSSR count). The van der Waals surface area contributed by atoms with E-state index in [2.05, 4.69) is 10.3 Å². The van der Waals surface area contributed by atoms with Crippen LogP contribution >= 0.6 is 23.2 Å². The summed E-state index contributed by atoms with van der Waals surface area (Å²) in [5.74, 6) is 0.634. The molecule has 0 saturated heterocycles. The van der Waals surface area contributed by atoms with E-state index in [0.717, 1.165) is 11.3 Å². The van der Waals surface area contributed by atoms with Crippen molar-refractivity contribution in [3.8, 4) is 5.75 Å². The van der Waals surface area contributed by atoms with E-state index in [1.54, 1.807) is 31.5 Å². The van der Waals surface area contributed by atoms with E-state index in [1.165, 1.54) is 10.5 Å². The Kier molecular flexibility index (Phi) is 4.64. The lowest BCUT2D eigenvalue weighted by molar-refractivity contribution is 0.416. The molecule has 0 saturated carbocycles. The first-order valence-electron chi connectivity index (χ1n) is 7.24. The number of fused-ring (bicyclic) bond motifs is 1. The Bertz CT molecular complexity index is 970. The van der Waals surface area contributed by atoms with Crippen molar-refractivity contribution < 1.29 is 4.74 Å². The van der Waals surface area contributed by atoms with E-state index in [4.69, 9.17) is 27.9 Å². The van der Waals surface area contributed by atoms with Gasteiger partial charge in [0.25, 0.3) is 5.56 Å². The van der Waals surface area contributed by atoms with Crippen molar-refractivity contribution >= 4 is 34.5 Å². The summed E-state index contributed by atoms with van der Waals surface area (Å²) in [7, 11) is 1.58. The van der Waals surface area contributed by atoms with Gasteiger partial charge in [-0.05, 0) is 30.7 Å². The Morgan fingerprint density at radius 1 is 1.25 bits per heavy atom. The molecule has 0 aliphatic heterocycles. The Labute approximate surface area is 148 Å². The number of hydrogen-bond acceptors (Lipinski definition) is 4. The molecule has 5 nitrogen and oxygen atoms in total. The molecule has 3 aromatic rings. The topological polar surface area (TPSA) is 55.6 Å². The van der Waals surface area contributed by atoms with Gasteiger partial charge in [-0.1, -0.05) is 23.2 Å². The quantitative estimate of drug-likeness (QED) is 0.762. The number of pyridine rings is 1. The molecule has 24 heavy (non-hydrogen) atoms. The molecule has 124 valence electrons. The van der Waals surface area contributed by atoms with E-state index >= 15 is 0 Å². The number of rotatable bonds is 4. The number of nitrogens with one attached hydrogen (secondary N) is 1. The van der Waals surface area contributed by atoms with Gasteiger partial charge in [0.05, 0.1) is 30.1 Å². The van der Waals surface area contributed by atoms with Gasteiger partial charge in [0, 0.05) is 23.4 Å². The molecule has 0 bridgehead atoms. The monoisotopic (exact) mass is 363 g/mol. The number of aryl methyl sites for hydroxylation is 1. The van der Waals surface area contributed by atoms with E-state index in [1.807, 2.05) is 13.0 Å². The van der Waals surface area contributed by atoms with E-state index in [-0.39, 0.29) is 5.56 Å². The van der Waals surface area contributed by atoms with Gasteiger partial charge in [-0.25, -0.2) is 4.98 Å². The van der Waals surface area contributed by atoms with Crippen LogP contribution in [0.2, 0.25) is 10.0 Å². The molecule has 1 aromatic carbocycles. The molecule has 1 N–H and O–H groups in total. The van der Waals surface area contributed by atoms with Crippen LogP contribution in [0.15, 0.2) is 41.3 Å². The van der Waals surface area contributed by atoms with Crippen LogP contribution in [-0.4, -0.2) is 16.5 Å². The Hall–Kier alpha value is -2.24. The maximum absolute atomic E-state index is 12.2. The number of methoxy groups -OCH3 is 1. The molecule has 0 spiro atoms. The average Bonchev–Trinajstić information content (AvgIpc) is 2.56. The Morgan fingerprint density at radius 2 is 2.04 bits per heavy atom. The first-order valence-corrected chi connectivity index (χ1v) is 7.99. The molecule has 0 radical (unpaired) electrons. The number of benzene rings is 1. The van der Waals surface area contributed by atoms with Gasteiger partial charge in [0.1, 0.15) is 11.4 Å². The normalized spacial score (nSPS) is 10.8. The number of nitrogens with zero attached hydrogens (tertiary/aromatic N) is 2. The van der Waals surface area contributed by atoms with Gasteiger partial charge in [-0.2, -0.15) is 0 Å². The SMILES string of the molecule is COc1cc(Cl)c(C)cc1NCc1cc(=O)n2cc(Cl)ccc2n1. The van der Waals surface area contributed by atoms with Crippen LogP contribution in [0.25, 0.3) is 5.65 Å². The minimum absolute atomic E-state index is 0.182. The van der Waals surface area contributed by atoms with Gasteiger partial charge in [-0.15, -0.1) is 0 Å². The number of ether oxygens (including phenoxy) is 1. The molecule has 0 atom stereocenters. The minimum atomic E-state index is -0.182. The maximum Gasteiger partial charge on any atom is 0.258 e. The lowest BCUT2D eigenvalue weighted by Gasteiger charge is -2.13. The fourth-order valence-corrected chi connectivity index (χ4v) is 2.69. The summed E-state index contributed by atoms with van der Waals surface area (Å²) in [6.07, 6.45) is 1.55. The van der Waals surface area contributed by atoms with Gasteiger partial charge in [0.2, 0.25) is 0 Å². The predicted octanol–water partition coefficient (Wildman–Crippen LogP) is 3.93. The van der Waals surface area contributed by atoms with Crippen molar-refractivity contribution in [1.82, 2.24) is 9.38 Å². The summed E-state index contributed by atoms with van der Waals surface area (Å²) in [4.78, 5) is 16.6. The second-order valence-electron chi connectivity index (χ2n) is 5.32. The largest absolute Gasteiger partial charge is 0.495 e. The summed E-state index contributed by atoms with van der Waals surface area (Å²) in [5, 5.41) is 4.35. The zero-order valence-electron chi connectivity index (χ0n) is 13.1. The molecular formula is C17H15Cl2N3O2. The van der Waals surface area contributed by atoms with Gasteiger partial charge in [-0.3, -0.25) is 9.20 Å². The fourth-order valence-electron chi connectivity index (χ4n) is 2.37. The van der Waals surface area contributed by atoms with Crippen molar-refractivity contribution in [2.45, 2.75) is 13.5 Å². The summed E-state index contributed by atoms with van der Waals surface area (Å²) in [6, 6.07) is 8.54. The summed E-state index contributed by atoms with van der Waals surface area (Å²) in [6.45, 7) is 2.29. The molecule has 7 heteroatoms. The fraction of sp³-hybridized carbons (Fsp3) is 0.176. The van der Waals surface area contributed by atoms with E-state index in [0.29, 0.717) is 33.7 Å². The van der Waals surface area contributed by atoms with Crippen LogP contribution in [0.5, 0.6) is 5.75 Å². The second kappa shape index (κ2) is 6.71. The average molecular weight is 364 g/mol. The summed E-state index contributed by atoms with van der Waals surface area (Å²) < 4.78 is 6.74. The number of halogens is 2. The third-order valence-electron chi connectivity index (χ3n) is 3.62. The van der Waals surface area contributed by atoms with Crippen LogP contribution in [0.3, 0.4) is 0 Å². The summed E-state index contributed by atoms with van der Waals surface area (Å²) in [5.41, 5.74) is 2.71. The molecule has 0 unspecified atom stereocenters. The standard InChI is InChI=1S/C17H15Cl2N3O2/c1-10-5-14(15(24-2)7-13(10)19)20-8-12-6-17(23)22-9-11(18)3-4-16(22)21-12/h3-7,9,20H,8H2,1-2H3. The Balaban J connectivity index is 1.90. The van der Waals surface area contributed by atoms with E-state index in [9.17, 15) is 4.79 Å². The van der Waals surface area contributed by atoms with Crippen LogP contribution in [0, 0.1) is 6.92 Å². The molecular weight excluding hydrogens is 349 g/mol. The number of aromatic nitrogens is 2. The van der Waals surface area contributed by atoms with Crippen molar-refractivity contribution in [3.05, 3.63) is 68.2 Å². The zero-order valence-corrected chi connectivity index (χ0v) is 14.6. The highest BCUT2D eigenvalue weighted by molar-refractivity contribution is 6.31. The third-order valence-corrected chi connectivity index (χ3v) is 4.25. The number of anilines is 1. The first kappa shape index (κ1) is 16.6. The van der Waals surface area contributed by atoms with Gasteiger partial charge in [0.15, 0.2) is 0 Å². The van der Waals surface area contributed by atoms with Crippen molar-refractivity contribution in [3.63, 3.8) is 0 Å². The van der Waals surface area contributed by atoms with Gasteiger partial charge < -0.3 is 10.1 Å². The van der Waals surface area contributed by atoms with Crippen LogP contribution in [-0.2, 0) is 6.54 Å². The molecule has 0 aliphatic rings. The smallest absolute Gasteiger partial charge is 0.258 e. The lowest BCUT2D eigenvalue weighted by Crippen LogP contribution is -2.16. The Morgan fingerprint density at radius 3 is 2.79 bits per heavy atom. The minimum Gasteiger partial charge on any atom is -0.495 e. The molecule has 0 aliphatic carbocycles. The summed E-state index contributed by atoms with van der Waals surface area (Å²) >= 11 is 12.0. The molecule has 2 heterocycles. The van der Waals surface area contributed by atoms with Crippen LogP contribution in [0.4, 0.5) is 5.69 Å². The highest BCUT2D eigenvalue weighted by Gasteiger charge is 2.08. The van der Waals surface area contributed by atoms with Crippen molar-refractivity contribution in [1.29, 1.82) is 0 Å². The third kappa shape index (κ3) is 3.32.